The maximum Gasteiger partial charge on any atom is 0.408 e. The lowest BCUT2D eigenvalue weighted by Crippen LogP contribution is -2.58. The predicted molar refractivity (Wildman–Crippen MR) is 106 cm³/mol. The molecule has 1 N–H and O–H groups in total. The van der Waals surface area contributed by atoms with Crippen molar-refractivity contribution in [1.82, 2.24) is 9.80 Å². The summed E-state index contributed by atoms with van der Waals surface area (Å²) < 4.78 is 0. The summed E-state index contributed by atoms with van der Waals surface area (Å²) in [5, 5.41) is 20.9. The molecule has 10 heteroatoms. The highest BCUT2D eigenvalue weighted by atomic mass is 35.5. The summed E-state index contributed by atoms with van der Waals surface area (Å²) in [6.45, 7) is 6.61. The van der Waals surface area contributed by atoms with E-state index in [1.807, 2.05) is 0 Å². The molecule has 0 radical (unpaired) electrons. The highest BCUT2D eigenvalue weighted by Crippen LogP contribution is 2.35. The van der Waals surface area contributed by atoms with E-state index in [4.69, 9.17) is 11.6 Å². The summed E-state index contributed by atoms with van der Waals surface area (Å²) in [6.07, 6.45) is -0.0443. The van der Waals surface area contributed by atoms with Crippen molar-refractivity contribution < 1.29 is 24.4 Å². The van der Waals surface area contributed by atoms with Gasteiger partial charge in [0.25, 0.3) is 17.5 Å². The lowest BCUT2D eigenvalue weighted by Gasteiger charge is -2.40. The van der Waals surface area contributed by atoms with Crippen LogP contribution in [0.4, 0.5) is 10.5 Å². The van der Waals surface area contributed by atoms with Crippen LogP contribution in [0, 0.1) is 10.1 Å². The molecule has 1 saturated carbocycles. The van der Waals surface area contributed by atoms with Crippen LogP contribution >= 0.6 is 11.6 Å². The van der Waals surface area contributed by atoms with Gasteiger partial charge >= 0.3 is 6.09 Å². The number of hydrogen-bond donors (Lipinski definition) is 1. The Hall–Kier alpha value is -2.68. The quantitative estimate of drug-likeness (QED) is 0.544. The molecule has 29 heavy (non-hydrogen) atoms. The molecule has 3 amide bonds. The Kier molecular flexibility index (Phi) is 6.52. The van der Waals surface area contributed by atoms with Crippen molar-refractivity contribution in [2.24, 2.45) is 0 Å². The molecule has 9 nitrogen and oxygen atoms in total. The maximum absolute atomic E-state index is 13.3. The van der Waals surface area contributed by atoms with Crippen LogP contribution in [0.5, 0.6) is 0 Å². The van der Waals surface area contributed by atoms with Crippen LogP contribution in [0.3, 0.4) is 0 Å². The molecule has 0 spiro atoms. The SMILES string of the molecule is CCC(C(=O)N(C(=O)c1c(Cl)cccc1[N+](=O)[O-])C1CC1)N(C(=O)O)C(C)(C)C. The number of carboxylic acid groups (broad SMARTS) is 1. The molecule has 1 atom stereocenters. The molecule has 2 rings (SSSR count). The van der Waals surface area contributed by atoms with E-state index in [2.05, 4.69) is 0 Å². The number of nitrogens with zero attached hydrogens (tertiary/aromatic N) is 3. The molecule has 0 aliphatic heterocycles. The minimum Gasteiger partial charge on any atom is -0.465 e. The third-order valence-electron chi connectivity index (χ3n) is 4.68. The Morgan fingerprint density at radius 1 is 1.31 bits per heavy atom. The highest BCUT2D eigenvalue weighted by molar-refractivity contribution is 6.35. The number of rotatable bonds is 6. The second kappa shape index (κ2) is 8.36. The molecule has 1 aromatic rings. The zero-order chi connectivity index (χ0) is 22.1. The number of nitro benzene ring substituents is 1. The number of amides is 3. The van der Waals surface area contributed by atoms with Crippen molar-refractivity contribution in [1.29, 1.82) is 0 Å². The fourth-order valence-electron chi connectivity index (χ4n) is 3.29. The van der Waals surface area contributed by atoms with Crippen LogP contribution in [-0.2, 0) is 4.79 Å². The molecular formula is C19H24ClN3O6. The fourth-order valence-corrected chi connectivity index (χ4v) is 3.54. The normalized spacial score (nSPS) is 14.8. The van der Waals surface area contributed by atoms with Gasteiger partial charge in [0, 0.05) is 17.6 Å². The topological polar surface area (TPSA) is 121 Å². The van der Waals surface area contributed by atoms with Gasteiger partial charge in [-0.15, -0.1) is 0 Å². The van der Waals surface area contributed by atoms with E-state index < -0.39 is 46.1 Å². The van der Waals surface area contributed by atoms with Gasteiger partial charge in [0.1, 0.15) is 11.6 Å². The Morgan fingerprint density at radius 2 is 1.90 bits per heavy atom. The van der Waals surface area contributed by atoms with Crippen molar-refractivity contribution in [2.75, 3.05) is 0 Å². The first-order valence-corrected chi connectivity index (χ1v) is 9.62. The Labute approximate surface area is 173 Å². The number of carbonyl (C=O) groups is 3. The summed E-state index contributed by atoms with van der Waals surface area (Å²) >= 11 is 6.07. The zero-order valence-electron chi connectivity index (χ0n) is 16.7. The van der Waals surface area contributed by atoms with Gasteiger partial charge in [-0.1, -0.05) is 24.6 Å². The van der Waals surface area contributed by atoms with Gasteiger partial charge in [0.2, 0.25) is 0 Å². The van der Waals surface area contributed by atoms with Crippen LogP contribution in [0.25, 0.3) is 0 Å². The smallest absolute Gasteiger partial charge is 0.408 e. The lowest BCUT2D eigenvalue weighted by atomic mass is 10.0. The van der Waals surface area contributed by atoms with Crippen LogP contribution in [0.1, 0.15) is 57.3 Å². The number of imide groups is 1. The van der Waals surface area contributed by atoms with Crippen LogP contribution in [-0.4, -0.2) is 55.4 Å². The van der Waals surface area contributed by atoms with Crippen molar-refractivity contribution in [3.05, 3.63) is 38.9 Å². The molecule has 0 heterocycles. The van der Waals surface area contributed by atoms with Crippen molar-refractivity contribution in [3.8, 4) is 0 Å². The van der Waals surface area contributed by atoms with Gasteiger partial charge in [0.15, 0.2) is 0 Å². The van der Waals surface area contributed by atoms with E-state index in [0.717, 1.165) is 15.9 Å². The Morgan fingerprint density at radius 3 is 2.31 bits per heavy atom. The van der Waals surface area contributed by atoms with E-state index in [9.17, 15) is 29.6 Å². The summed E-state index contributed by atoms with van der Waals surface area (Å²) in [4.78, 5) is 51.0. The molecule has 1 aromatic carbocycles. The number of benzene rings is 1. The number of halogens is 1. The monoisotopic (exact) mass is 425 g/mol. The average Bonchev–Trinajstić information content (AvgIpc) is 3.42. The van der Waals surface area contributed by atoms with Gasteiger partial charge < -0.3 is 5.11 Å². The average molecular weight is 426 g/mol. The Balaban J connectivity index is 2.52. The fraction of sp³-hybridized carbons (Fsp3) is 0.526. The number of carbonyl (C=O) groups excluding carboxylic acids is 2. The third-order valence-corrected chi connectivity index (χ3v) is 5.00. The van der Waals surface area contributed by atoms with Gasteiger partial charge in [-0.25, -0.2) is 4.79 Å². The second-order valence-electron chi connectivity index (χ2n) is 7.88. The molecule has 1 unspecified atom stereocenters. The van der Waals surface area contributed by atoms with E-state index in [1.54, 1.807) is 27.7 Å². The molecule has 1 fully saturated rings. The zero-order valence-corrected chi connectivity index (χ0v) is 17.5. The number of nitro groups is 1. The minimum atomic E-state index is -1.29. The minimum absolute atomic E-state index is 0.137. The van der Waals surface area contributed by atoms with Crippen LogP contribution in [0.2, 0.25) is 5.02 Å². The first-order valence-electron chi connectivity index (χ1n) is 9.24. The van der Waals surface area contributed by atoms with Crippen molar-refractivity contribution in [3.63, 3.8) is 0 Å². The highest BCUT2D eigenvalue weighted by Gasteiger charge is 2.46. The Bertz CT molecular complexity index is 847. The van der Waals surface area contributed by atoms with E-state index in [1.165, 1.54) is 12.1 Å². The van der Waals surface area contributed by atoms with Gasteiger partial charge in [0.05, 0.1) is 9.95 Å². The van der Waals surface area contributed by atoms with E-state index >= 15 is 0 Å². The molecule has 158 valence electrons. The summed E-state index contributed by atoms with van der Waals surface area (Å²) in [7, 11) is 0. The molecule has 0 bridgehead atoms. The first kappa shape index (κ1) is 22.6. The van der Waals surface area contributed by atoms with Crippen LogP contribution in [0.15, 0.2) is 18.2 Å². The van der Waals surface area contributed by atoms with E-state index in [-0.39, 0.29) is 17.0 Å². The largest absolute Gasteiger partial charge is 0.465 e. The predicted octanol–water partition coefficient (Wildman–Crippen LogP) is 3.94. The van der Waals surface area contributed by atoms with Gasteiger partial charge in [-0.3, -0.25) is 29.5 Å². The summed E-state index contributed by atoms with van der Waals surface area (Å²) in [6, 6.07) is 2.29. The van der Waals surface area contributed by atoms with Crippen LogP contribution < -0.4 is 0 Å². The molecule has 0 saturated heterocycles. The molecule has 1 aliphatic rings. The molecule has 0 aromatic heterocycles. The standard InChI is InChI=1S/C19H24ClN3O6/c1-5-13(22(18(26)27)19(2,3)4)16(24)21(11-9-10-11)17(25)15-12(20)7-6-8-14(15)23(28)29/h6-8,11,13H,5,9-10H2,1-4H3,(H,26,27). The maximum atomic E-state index is 13.3. The lowest BCUT2D eigenvalue weighted by molar-refractivity contribution is -0.385. The van der Waals surface area contributed by atoms with Gasteiger partial charge in [-0.05, 0) is 46.1 Å². The third kappa shape index (κ3) is 4.67. The molecular weight excluding hydrogens is 402 g/mol. The molecule has 1 aliphatic carbocycles. The number of hydrogen-bond acceptors (Lipinski definition) is 5. The van der Waals surface area contributed by atoms with Crippen molar-refractivity contribution in [2.45, 2.75) is 64.6 Å². The second-order valence-corrected chi connectivity index (χ2v) is 8.29. The summed E-state index contributed by atoms with van der Waals surface area (Å²) in [5.74, 6) is -1.58. The van der Waals surface area contributed by atoms with E-state index in [0.29, 0.717) is 12.8 Å². The van der Waals surface area contributed by atoms with Crippen molar-refractivity contribution >= 4 is 35.2 Å². The van der Waals surface area contributed by atoms with Gasteiger partial charge in [-0.2, -0.15) is 0 Å². The first-order chi connectivity index (χ1) is 13.4. The summed E-state index contributed by atoms with van der Waals surface area (Å²) in [5.41, 5.74) is -1.76.